The minimum Gasteiger partial charge on any atom is -0.398 e. The summed E-state index contributed by atoms with van der Waals surface area (Å²) in [5.74, 6) is 1.93. The van der Waals surface area contributed by atoms with Crippen molar-refractivity contribution in [1.29, 1.82) is 0 Å². The smallest absolute Gasteiger partial charge is 0.0438 e. The van der Waals surface area contributed by atoms with Gasteiger partial charge in [-0.25, -0.2) is 0 Å². The van der Waals surface area contributed by atoms with E-state index in [1.54, 1.807) is 11.8 Å². The van der Waals surface area contributed by atoms with E-state index in [-0.39, 0.29) is 6.61 Å². The molecule has 1 aromatic carbocycles. The lowest BCUT2D eigenvalue weighted by Gasteiger charge is -2.03. The van der Waals surface area contributed by atoms with Gasteiger partial charge in [0.25, 0.3) is 0 Å². The lowest BCUT2D eigenvalue weighted by molar-refractivity contribution is 0.296. The second kappa shape index (κ2) is 5.89. The van der Waals surface area contributed by atoms with Crippen LogP contribution in [0.3, 0.4) is 0 Å². The molecule has 72 valence electrons. The minimum absolute atomic E-state index is 0.275. The summed E-state index contributed by atoms with van der Waals surface area (Å²) in [4.78, 5) is 0. The van der Waals surface area contributed by atoms with Crippen molar-refractivity contribution >= 4 is 17.4 Å². The van der Waals surface area contributed by atoms with Crippen molar-refractivity contribution in [1.82, 2.24) is 0 Å². The van der Waals surface area contributed by atoms with Crippen LogP contribution in [0, 0.1) is 0 Å². The number of benzene rings is 1. The van der Waals surface area contributed by atoms with Crippen LogP contribution in [0.25, 0.3) is 0 Å². The maximum Gasteiger partial charge on any atom is 0.0438 e. The number of rotatable bonds is 5. The Morgan fingerprint density at radius 1 is 1.31 bits per heavy atom. The molecule has 0 atom stereocenters. The maximum atomic E-state index is 8.58. The van der Waals surface area contributed by atoms with Crippen LogP contribution in [-0.2, 0) is 5.75 Å². The van der Waals surface area contributed by atoms with E-state index < -0.39 is 0 Å². The molecular formula is C10H15NOS. The highest BCUT2D eigenvalue weighted by Gasteiger charge is 1.96. The molecule has 13 heavy (non-hydrogen) atoms. The molecule has 0 aliphatic rings. The average molecular weight is 197 g/mol. The molecule has 1 rings (SSSR count). The SMILES string of the molecule is Nc1ccccc1CSCCCO. The third-order valence-corrected chi connectivity index (χ3v) is 2.85. The summed E-state index contributed by atoms with van der Waals surface area (Å²) in [6.07, 6.45) is 0.859. The highest BCUT2D eigenvalue weighted by atomic mass is 32.2. The van der Waals surface area contributed by atoms with Gasteiger partial charge >= 0.3 is 0 Å². The molecule has 0 radical (unpaired) electrons. The molecule has 3 N–H and O–H groups in total. The quantitative estimate of drug-likeness (QED) is 0.559. The first-order chi connectivity index (χ1) is 6.34. The molecule has 0 saturated carbocycles. The minimum atomic E-state index is 0.275. The van der Waals surface area contributed by atoms with Gasteiger partial charge in [-0.15, -0.1) is 0 Å². The van der Waals surface area contributed by atoms with Gasteiger partial charge < -0.3 is 10.8 Å². The van der Waals surface area contributed by atoms with Crippen LogP contribution in [0.2, 0.25) is 0 Å². The Labute approximate surface area is 83.1 Å². The molecule has 0 spiro atoms. The number of aliphatic hydroxyl groups excluding tert-OH is 1. The van der Waals surface area contributed by atoms with Gasteiger partial charge in [0.1, 0.15) is 0 Å². The topological polar surface area (TPSA) is 46.2 Å². The van der Waals surface area contributed by atoms with Gasteiger partial charge in [0.05, 0.1) is 0 Å². The lowest BCUT2D eigenvalue weighted by Crippen LogP contribution is -1.93. The number of thioether (sulfide) groups is 1. The standard InChI is InChI=1S/C10H15NOS/c11-10-5-2-1-4-9(10)8-13-7-3-6-12/h1-2,4-5,12H,3,6-8,11H2. The Balaban J connectivity index is 2.32. The van der Waals surface area contributed by atoms with Crippen molar-refractivity contribution in [2.24, 2.45) is 0 Å². The van der Waals surface area contributed by atoms with E-state index in [1.807, 2.05) is 24.3 Å². The predicted molar refractivity (Wildman–Crippen MR) is 58.7 cm³/mol. The van der Waals surface area contributed by atoms with Crippen molar-refractivity contribution in [3.8, 4) is 0 Å². The molecule has 1 aromatic rings. The summed E-state index contributed by atoms with van der Waals surface area (Å²) in [6, 6.07) is 7.90. The second-order valence-electron chi connectivity index (χ2n) is 2.83. The zero-order valence-corrected chi connectivity index (χ0v) is 8.39. The highest BCUT2D eigenvalue weighted by Crippen LogP contribution is 2.18. The van der Waals surface area contributed by atoms with Crippen LogP contribution in [0.4, 0.5) is 5.69 Å². The van der Waals surface area contributed by atoms with E-state index in [1.165, 1.54) is 5.56 Å². The summed E-state index contributed by atoms with van der Waals surface area (Å²) in [7, 11) is 0. The van der Waals surface area contributed by atoms with E-state index in [2.05, 4.69) is 0 Å². The van der Waals surface area contributed by atoms with Gasteiger partial charge in [0.2, 0.25) is 0 Å². The number of anilines is 1. The van der Waals surface area contributed by atoms with Crippen LogP contribution >= 0.6 is 11.8 Å². The first kappa shape index (κ1) is 10.4. The van der Waals surface area contributed by atoms with E-state index in [4.69, 9.17) is 10.8 Å². The van der Waals surface area contributed by atoms with Crippen LogP contribution in [0.15, 0.2) is 24.3 Å². The van der Waals surface area contributed by atoms with Crippen molar-refractivity contribution in [2.75, 3.05) is 18.1 Å². The molecule has 2 nitrogen and oxygen atoms in total. The Bertz CT molecular complexity index is 252. The lowest BCUT2D eigenvalue weighted by atomic mass is 10.2. The van der Waals surface area contributed by atoms with E-state index in [0.29, 0.717) is 0 Å². The number of hydrogen-bond acceptors (Lipinski definition) is 3. The van der Waals surface area contributed by atoms with Gasteiger partial charge in [-0.2, -0.15) is 11.8 Å². The predicted octanol–water partition coefficient (Wildman–Crippen LogP) is 1.88. The van der Waals surface area contributed by atoms with Crippen LogP contribution in [-0.4, -0.2) is 17.5 Å². The highest BCUT2D eigenvalue weighted by molar-refractivity contribution is 7.98. The van der Waals surface area contributed by atoms with Gasteiger partial charge in [0.15, 0.2) is 0 Å². The zero-order valence-electron chi connectivity index (χ0n) is 7.57. The van der Waals surface area contributed by atoms with Gasteiger partial charge in [0, 0.05) is 18.0 Å². The average Bonchev–Trinajstić information content (AvgIpc) is 2.15. The normalized spacial score (nSPS) is 10.2. The second-order valence-corrected chi connectivity index (χ2v) is 3.93. The number of para-hydroxylation sites is 1. The molecule has 0 saturated heterocycles. The van der Waals surface area contributed by atoms with Crippen molar-refractivity contribution in [3.63, 3.8) is 0 Å². The maximum absolute atomic E-state index is 8.58. The Kier molecular flexibility index (Phi) is 4.72. The van der Waals surface area contributed by atoms with Gasteiger partial charge in [-0.1, -0.05) is 18.2 Å². The van der Waals surface area contributed by atoms with Crippen molar-refractivity contribution in [2.45, 2.75) is 12.2 Å². The van der Waals surface area contributed by atoms with Crippen molar-refractivity contribution in [3.05, 3.63) is 29.8 Å². The number of aliphatic hydroxyl groups is 1. The summed E-state index contributed by atoms with van der Waals surface area (Å²) < 4.78 is 0. The molecule has 0 amide bonds. The molecule has 0 unspecified atom stereocenters. The van der Waals surface area contributed by atoms with E-state index in [9.17, 15) is 0 Å². The molecule has 0 aliphatic heterocycles. The first-order valence-electron chi connectivity index (χ1n) is 4.36. The molecular weight excluding hydrogens is 182 g/mol. The summed E-state index contributed by atoms with van der Waals surface area (Å²) in [6.45, 7) is 0.275. The molecule has 0 bridgehead atoms. The first-order valence-corrected chi connectivity index (χ1v) is 5.52. The fraction of sp³-hybridized carbons (Fsp3) is 0.400. The van der Waals surface area contributed by atoms with Crippen LogP contribution < -0.4 is 5.73 Å². The van der Waals surface area contributed by atoms with E-state index in [0.717, 1.165) is 23.6 Å². The largest absolute Gasteiger partial charge is 0.398 e. The summed E-state index contributed by atoms with van der Waals surface area (Å²) in [5.41, 5.74) is 7.82. The number of nitrogen functional groups attached to an aromatic ring is 1. The van der Waals surface area contributed by atoms with E-state index >= 15 is 0 Å². The van der Waals surface area contributed by atoms with Crippen LogP contribution in [0.5, 0.6) is 0 Å². The van der Waals surface area contributed by atoms with Gasteiger partial charge in [-0.05, 0) is 23.8 Å². The molecule has 0 aliphatic carbocycles. The molecule has 0 heterocycles. The molecule has 3 heteroatoms. The molecule has 0 aromatic heterocycles. The Morgan fingerprint density at radius 2 is 2.08 bits per heavy atom. The fourth-order valence-corrected chi connectivity index (χ4v) is 1.97. The zero-order chi connectivity index (χ0) is 9.52. The molecule has 0 fully saturated rings. The third kappa shape index (κ3) is 3.70. The van der Waals surface area contributed by atoms with Crippen molar-refractivity contribution < 1.29 is 5.11 Å². The van der Waals surface area contributed by atoms with Crippen LogP contribution in [0.1, 0.15) is 12.0 Å². The monoisotopic (exact) mass is 197 g/mol. The number of hydrogen-bond donors (Lipinski definition) is 2. The number of nitrogens with two attached hydrogens (primary N) is 1. The van der Waals surface area contributed by atoms with Gasteiger partial charge in [-0.3, -0.25) is 0 Å². The third-order valence-electron chi connectivity index (χ3n) is 1.76. The summed E-state index contributed by atoms with van der Waals surface area (Å²) in [5, 5.41) is 8.58. The Hall–Kier alpha value is -0.670. The fourth-order valence-electron chi connectivity index (χ4n) is 1.01. The Morgan fingerprint density at radius 3 is 2.77 bits per heavy atom. The summed E-state index contributed by atoms with van der Waals surface area (Å²) >= 11 is 1.81.